The van der Waals surface area contributed by atoms with Gasteiger partial charge in [0.25, 0.3) is 0 Å². The molecule has 0 spiro atoms. The Balaban J connectivity index is 1.39. The van der Waals surface area contributed by atoms with Gasteiger partial charge < -0.3 is 15.1 Å². The molecule has 0 unspecified atom stereocenters. The van der Waals surface area contributed by atoms with Crippen LogP contribution in [0.5, 0.6) is 0 Å². The number of nitrogens with zero attached hydrogens (tertiary/aromatic N) is 3. The molecule has 4 heterocycles. The van der Waals surface area contributed by atoms with Crippen molar-refractivity contribution >= 4 is 29.4 Å². The third-order valence-electron chi connectivity index (χ3n) is 5.45. The van der Waals surface area contributed by atoms with E-state index < -0.39 is 0 Å². The van der Waals surface area contributed by atoms with Gasteiger partial charge in [0.05, 0.1) is 4.87 Å². The Hall–Kier alpha value is -1.76. The van der Waals surface area contributed by atoms with Crippen LogP contribution in [0.3, 0.4) is 0 Å². The van der Waals surface area contributed by atoms with Gasteiger partial charge in [-0.3, -0.25) is 9.59 Å². The summed E-state index contributed by atoms with van der Waals surface area (Å²) < 4.78 is 0. The molecule has 3 fully saturated rings. The van der Waals surface area contributed by atoms with Crippen LogP contribution in [-0.2, 0) is 16.1 Å². The molecule has 134 valence electrons. The summed E-state index contributed by atoms with van der Waals surface area (Å²) in [7, 11) is 0. The zero-order valence-electron chi connectivity index (χ0n) is 14.5. The number of pyridine rings is 1. The Kier molecular flexibility index (Phi) is 4.35. The van der Waals surface area contributed by atoms with E-state index >= 15 is 0 Å². The van der Waals surface area contributed by atoms with E-state index in [1.807, 2.05) is 12.3 Å². The molecule has 1 aromatic heterocycles. The van der Waals surface area contributed by atoms with Crippen LogP contribution >= 0.6 is 11.8 Å². The lowest BCUT2D eigenvalue weighted by molar-refractivity contribution is -0.138. The maximum atomic E-state index is 12.6. The highest BCUT2D eigenvalue weighted by atomic mass is 32.2. The highest BCUT2D eigenvalue weighted by molar-refractivity contribution is 8.01. The predicted molar refractivity (Wildman–Crippen MR) is 98.3 cm³/mol. The third kappa shape index (κ3) is 3.10. The molecule has 2 amide bonds. The van der Waals surface area contributed by atoms with Crippen molar-refractivity contribution in [3.8, 4) is 0 Å². The van der Waals surface area contributed by atoms with Crippen LogP contribution in [0.1, 0.15) is 38.2 Å². The predicted octanol–water partition coefficient (Wildman–Crippen LogP) is 1.75. The Morgan fingerprint density at radius 2 is 2.24 bits per heavy atom. The number of rotatable bonds is 4. The zero-order chi connectivity index (χ0) is 17.4. The van der Waals surface area contributed by atoms with Gasteiger partial charge in [-0.1, -0.05) is 0 Å². The highest BCUT2D eigenvalue weighted by Gasteiger charge is 2.52. The summed E-state index contributed by atoms with van der Waals surface area (Å²) >= 11 is 1.72. The largest absolute Gasteiger partial charge is 0.357 e. The van der Waals surface area contributed by atoms with Gasteiger partial charge in [-0.05, 0) is 43.9 Å². The van der Waals surface area contributed by atoms with Crippen LogP contribution in [0.25, 0.3) is 0 Å². The summed E-state index contributed by atoms with van der Waals surface area (Å²) in [5.74, 6) is 1.73. The molecule has 4 rings (SSSR count). The molecular weight excluding hydrogens is 336 g/mol. The molecule has 0 radical (unpaired) electrons. The van der Waals surface area contributed by atoms with Gasteiger partial charge in [-0.25, -0.2) is 4.98 Å². The summed E-state index contributed by atoms with van der Waals surface area (Å²) in [4.78, 5) is 33.1. The topological polar surface area (TPSA) is 65.5 Å². The number of aromatic nitrogens is 1. The van der Waals surface area contributed by atoms with Crippen LogP contribution in [0.4, 0.5) is 5.82 Å². The van der Waals surface area contributed by atoms with Crippen molar-refractivity contribution in [3.63, 3.8) is 0 Å². The van der Waals surface area contributed by atoms with E-state index in [1.54, 1.807) is 16.7 Å². The van der Waals surface area contributed by atoms with Crippen molar-refractivity contribution in [2.24, 2.45) is 0 Å². The molecule has 3 aliphatic rings. The van der Waals surface area contributed by atoms with Crippen LogP contribution in [0.15, 0.2) is 18.3 Å². The second-order valence-corrected chi connectivity index (χ2v) is 8.70. The number of carbonyl (C=O) groups excluding carboxylic acids is 2. The van der Waals surface area contributed by atoms with Gasteiger partial charge in [0.15, 0.2) is 0 Å². The van der Waals surface area contributed by atoms with Gasteiger partial charge >= 0.3 is 0 Å². The number of anilines is 1. The molecule has 0 saturated carbocycles. The maximum absolute atomic E-state index is 12.6. The second kappa shape index (κ2) is 6.52. The van der Waals surface area contributed by atoms with E-state index in [4.69, 9.17) is 0 Å². The summed E-state index contributed by atoms with van der Waals surface area (Å²) in [6.45, 7) is 4.65. The fourth-order valence-corrected chi connectivity index (χ4v) is 5.44. The fraction of sp³-hybridized carbons (Fsp3) is 0.611. The molecule has 0 aliphatic carbocycles. The molecule has 7 heteroatoms. The minimum atomic E-state index is -0.343. The number of thioether (sulfide) groups is 1. The molecular formula is C18H24N4O2S. The van der Waals surface area contributed by atoms with Gasteiger partial charge in [-0.15, -0.1) is 11.8 Å². The fourth-order valence-electron chi connectivity index (χ4n) is 4.01. The molecule has 3 aliphatic heterocycles. The smallest absolute Gasteiger partial charge is 0.243 e. The number of carbonyl (C=O) groups is 2. The van der Waals surface area contributed by atoms with Gasteiger partial charge in [0, 0.05) is 38.0 Å². The van der Waals surface area contributed by atoms with E-state index in [0.29, 0.717) is 18.7 Å². The minimum absolute atomic E-state index is 0.0500. The summed E-state index contributed by atoms with van der Waals surface area (Å²) in [6, 6.07) is 3.65. The quantitative estimate of drug-likeness (QED) is 0.886. The average molecular weight is 360 g/mol. The highest BCUT2D eigenvalue weighted by Crippen LogP contribution is 2.47. The summed E-state index contributed by atoms with van der Waals surface area (Å²) in [5, 5.41) is 3.02. The van der Waals surface area contributed by atoms with E-state index in [1.165, 1.54) is 12.8 Å². The van der Waals surface area contributed by atoms with E-state index in [0.717, 1.165) is 30.9 Å². The average Bonchev–Trinajstić information content (AvgIpc) is 3.31. The molecule has 0 aromatic carbocycles. The lowest BCUT2D eigenvalue weighted by Crippen LogP contribution is -2.49. The monoisotopic (exact) mass is 360 g/mol. The second-order valence-electron chi connectivity index (χ2n) is 7.20. The maximum Gasteiger partial charge on any atom is 0.243 e. The first kappa shape index (κ1) is 16.7. The Morgan fingerprint density at radius 3 is 3.04 bits per heavy atom. The Labute approximate surface area is 152 Å². The number of nitrogens with one attached hydrogen (secondary N) is 1. The number of amides is 2. The molecule has 25 heavy (non-hydrogen) atoms. The van der Waals surface area contributed by atoms with Crippen molar-refractivity contribution in [3.05, 3.63) is 23.9 Å². The van der Waals surface area contributed by atoms with Crippen molar-refractivity contribution in [2.45, 2.75) is 50.1 Å². The van der Waals surface area contributed by atoms with E-state index in [9.17, 15) is 9.59 Å². The number of hydrogen-bond acceptors (Lipinski definition) is 5. The van der Waals surface area contributed by atoms with Crippen molar-refractivity contribution in [1.82, 2.24) is 15.2 Å². The zero-order valence-corrected chi connectivity index (χ0v) is 15.3. The normalized spacial score (nSPS) is 28.5. The van der Waals surface area contributed by atoms with Gasteiger partial charge in [0.1, 0.15) is 11.9 Å². The first-order chi connectivity index (χ1) is 12.1. The van der Waals surface area contributed by atoms with Gasteiger partial charge in [-0.2, -0.15) is 0 Å². The van der Waals surface area contributed by atoms with Crippen molar-refractivity contribution in [2.75, 3.05) is 23.7 Å². The molecule has 3 saturated heterocycles. The van der Waals surface area contributed by atoms with Crippen LogP contribution < -0.4 is 10.2 Å². The first-order valence-electron chi connectivity index (χ1n) is 9.00. The number of hydrogen-bond donors (Lipinski definition) is 1. The van der Waals surface area contributed by atoms with Crippen LogP contribution in [0, 0.1) is 0 Å². The van der Waals surface area contributed by atoms with Crippen molar-refractivity contribution in [1.29, 1.82) is 0 Å². The molecule has 1 aromatic rings. The Morgan fingerprint density at radius 1 is 1.44 bits per heavy atom. The SMILES string of the molecule is C[C@@]12CCC(=O)N1[C@H](C(=O)NCc1ccnc(N3CCCC3)c1)CS2. The molecule has 6 nitrogen and oxygen atoms in total. The lowest BCUT2D eigenvalue weighted by Gasteiger charge is -2.29. The standard InChI is InChI=1S/C18H24N4O2S/c1-18-6-4-16(23)22(18)14(12-25-18)17(24)20-11-13-5-7-19-15(10-13)21-8-2-3-9-21/h5,7,10,14H,2-4,6,8-9,11-12H2,1H3,(H,20,24)/t14-,18+/m0/s1. The summed E-state index contributed by atoms with van der Waals surface area (Å²) in [6.07, 6.45) is 5.62. The van der Waals surface area contributed by atoms with Gasteiger partial charge in [0.2, 0.25) is 11.8 Å². The molecule has 0 bridgehead atoms. The summed E-state index contributed by atoms with van der Waals surface area (Å²) in [5.41, 5.74) is 1.05. The minimum Gasteiger partial charge on any atom is -0.357 e. The molecule has 1 N–H and O–H groups in total. The third-order valence-corrected chi connectivity index (χ3v) is 6.96. The van der Waals surface area contributed by atoms with E-state index in [-0.39, 0.29) is 22.7 Å². The van der Waals surface area contributed by atoms with E-state index in [2.05, 4.69) is 28.2 Å². The Bertz CT molecular complexity index is 691. The van der Waals surface area contributed by atoms with Crippen LogP contribution in [0.2, 0.25) is 0 Å². The molecule has 2 atom stereocenters. The number of fused-ring (bicyclic) bond motifs is 1. The van der Waals surface area contributed by atoms with Crippen molar-refractivity contribution < 1.29 is 9.59 Å². The first-order valence-corrected chi connectivity index (χ1v) is 9.99. The lowest BCUT2D eigenvalue weighted by atomic mass is 10.2. The van der Waals surface area contributed by atoms with Crippen LogP contribution in [-0.4, -0.2) is 51.5 Å².